The molecule has 1 unspecified atom stereocenters. The fourth-order valence-electron chi connectivity index (χ4n) is 3.47. The second-order valence-electron chi connectivity index (χ2n) is 6.28. The van der Waals surface area contributed by atoms with Crippen LogP contribution >= 0.6 is 0 Å². The van der Waals surface area contributed by atoms with E-state index in [0.29, 0.717) is 32.5 Å². The number of aliphatic carboxylic acids is 1. The molecule has 2 fully saturated rings. The van der Waals surface area contributed by atoms with Crippen molar-refractivity contribution < 1.29 is 14.7 Å². The SMILES string of the molecule is CCCC1(C(=O)O)CCCN(C(=O)CN2CCNCC2)C1. The predicted octanol–water partition coefficient (Wildman–Crippen LogP) is 0.385. The summed E-state index contributed by atoms with van der Waals surface area (Å²) in [5, 5.41) is 12.9. The van der Waals surface area contributed by atoms with Crippen molar-refractivity contribution in [3.05, 3.63) is 0 Å². The first-order valence-electron chi connectivity index (χ1n) is 8.02. The van der Waals surface area contributed by atoms with Crippen LogP contribution in [0.5, 0.6) is 0 Å². The number of carboxylic acids is 1. The van der Waals surface area contributed by atoms with Crippen molar-refractivity contribution in [2.75, 3.05) is 45.8 Å². The number of carbonyl (C=O) groups is 2. The third-order valence-electron chi connectivity index (χ3n) is 4.68. The van der Waals surface area contributed by atoms with E-state index in [0.717, 1.165) is 39.0 Å². The summed E-state index contributed by atoms with van der Waals surface area (Å²) in [4.78, 5) is 28.0. The highest BCUT2D eigenvalue weighted by atomic mass is 16.4. The Morgan fingerprint density at radius 2 is 1.95 bits per heavy atom. The third-order valence-corrected chi connectivity index (χ3v) is 4.68. The van der Waals surface area contributed by atoms with Crippen LogP contribution in [0.25, 0.3) is 0 Å². The largest absolute Gasteiger partial charge is 0.481 e. The first kappa shape index (κ1) is 16.2. The molecular weight excluding hydrogens is 270 g/mol. The third kappa shape index (κ3) is 3.95. The fourth-order valence-corrected chi connectivity index (χ4v) is 3.47. The van der Waals surface area contributed by atoms with Crippen LogP contribution in [0, 0.1) is 5.41 Å². The van der Waals surface area contributed by atoms with Gasteiger partial charge >= 0.3 is 5.97 Å². The summed E-state index contributed by atoms with van der Waals surface area (Å²) in [7, 11) is 0. The molecule has 2 rings (SSSR count). The summed E-state index contributed by atoms with van der Waals surface area (Å²) in [5.74, 6) is -0.664. The molecule has 2 N–H and O–H groups in total. The molecule has 0 aliphatic carbocycles. The van der Waals surface area contributed by atoms with Crippen LogP contribution in [-0.4, -0.2) is 72.6 Å². The summed E-state index contributed by atoms with van der Waals surface area (Å²) in [6, 6.07) is 0. The predicted molar refractivity (Wildman–Crippen MR) is 80.1 cm³/mol. The molecule has 2 saturated heterocycles. The van der Waals surface area contributed by atoms with Crippen molar-refractivity contribution in [1.82, 2.24) is 15.1 Å². The lowest BCUT2D eigenvalue weighted by atomic mass is 9.76. The van der Waals surface area contributed by atoms with Crippen molar-refractivity contribution in [1.29, 1.82) is 0 Å². The van der Waals surface area contributed by atoms with Crippen molar-refractivity contribution in [3.63, 3.8) is 0 Å². The molecule has 2 aliphatic rings. The molecule has 120 valence electrons. The Hall–Kier alpha value is -1.14. The van der Waals surface area contributed by atoms with E-state index in [4.69, 9.17) is 0 Å². The van der Waals surface area contributed by atoms with Gasteiger partial charge in [0.2, 0.25) is 5.91 Å². The van der Waals surface area contributed by atoms with E-state index in [-0.39, 0.29) is 5.91 Å². The molecule has 0 aromatic carbocycles. The molecule has 6 heteroatoms. The number of carbonyl (C=O) groups excluding carboxylic acids is 1. The Morgan fingerprint density at radius 1 is 1.24 bits per heavy atom. The number of carboxylic acid groups (broad SMARTS) is 1. The Balaban J connectivity index is 1.95. The van der Waals surface area contributed by atoms with Gasteiger partial charge in [-0.25, -0.2) is 0 Å². The summed E-state index contributed by atoms with van der Waals surface area (Å²) >= 11 is 0. The molecule has 1 amide bonds. The van der Waals surface area contributed by atoms with Crippen LogP contribution in [0.2, 0.25) is 0 Å². The Morgan fingerprint density at radius 3 is 2.57 bits per heavy atom. The van der Waals surface area contributed by atoms with Crippen LogP contribution in [0.15, 0.2) is 0 Å². The molecule has 0 spiro atoms. The van der Waals surface area contributed by atoms with Crippen molar-refractivity contribution in [2.24, 2.45) is 5.41 Å². The van der Waals surface area contributed by atoms with E-state index in [1.165, 1.54) is 0 Å². The van der Waals surface area contributed by atoms with Gasteiger partial charge in [-0.1, -0.05) is 13.3 Å². The van der Waals surface area contributed by atoms with Gasteiger partial charge in [-0.05, 0) is 19.3 Å². The zero-order valence-corrected chi connectivity index (χ0v) is 12.9. The van der Waals surface area contributed by atoms with Crippen LogP contribution in [0.4, 0.5) is 0 Å². The van der Waals surface area contributed by atoms with Crippen LogP contribution in [0.3, 0.4) is 0 Å². The monoisotopic (exact) mass is 297 g/mol. The van der Waals surface area contributed by atoms with Crippen molar-refractivity contribution >= 4 is 11.9 Å². The fraction of sp³-hybridized carbons (Fsp3) is 0.867. The summed E-state index contributed by atoms with van der Waals surface area (Å²) in [6.07, 6.45) is 2.97. The van der Waals surface area contributed by atoms with Gasteiger partial charge in [0.25, 0.3) is 0 Å². The highest BCUT2D eigenvalue weighted by Gasteiger charge is 2.42. The summed E-state index contributed by atoms with van der Waals surface area (Å²) in [5.41, 5.74) is -0.730. The highest BCUT2D eigenvalue weighted by molar-refractivity contribution is 5.81. The topological polar surface area (TPSA) is 72.9 Å². The van der Waals surface area contributed by atoms with Gasteiger partial charge in [-0.3, -0.25) is 14.5 Å². The zero-order valence-electron chi connectivity index (χ0n) is 12.9. The molecule has 0 aromatic heterocycles. The minimum atomic E-state index is -0.746. The smallest absolute Gasteiger partial charge is 0.311 e. The van der Waals surface area contributed by atoms with E-state index in [2.05, 4.69) is 10.2 Å². The minimum absolute atomic E-state index is 0.0818. The van der Waals surface area contributed by atoms with Gasteiger partial charge in [0, 0.05) is 39.3 Å². The number of rotatable bonds is 5. The standard InChI is InChI=1S/C15H27N3O3/c1-2-4-15(14(20)21)5-3-8-18(12-15)13(19)11-17-9-6-16-7-10-17/h16H,2-12H2,1H3,(H,20,21). The number of amides is 1. The van der Waals surface area contributed by atoms with Crippen LogP contribution in [0.1, 0.15) is 32.6 Å². The van der Waals surface area contributed by atoms with E-state index >= 15 is 0 Å². The maximum Gasteiger partial charge on any atom is 0.311 e. The Kier molecular flexibility index (Phi) is 5.58. The zero-order chi connectivity index (χ0) is 15.3. The van der Waals surface area contributed by atoms with E-state index < -0.39 is 11.4 Å². The van der Waals surface area contributed by atoms with E-state index in [1.54, 1.807) is 4.90 Å². The van der Waals surface area contributed by atoms with Crippen LogP contribution in [-0.2, 0) is 9.59 Å². The Bertz CT molecular complexity index is 378. The van der Waals surface area contributed by atoms with Gasteiger partial charge in [-0.2, -0.15) is 0 Å². The molecule has 0 saturated carbocycles. The van der Waals surface area contributed by atoms with Gasteiger partial charge in [0.05, 0.1) is 12.0 Å². The normalized spacial score (nSPS) is 27.6. The first-order chi connectivity index (χ1) is 10.1. The average molecular weight is 297 g/mol. The molecule has 0 aromatic rings. The van der Waals surface area contributed by atoms with Gasteiger partial charge < -0.3 is 15.3 Å². The molecule has 21 heavy (non-hydrogen) atoms. The van der Waals surface area contributed by atoms with E-state index in [1.807, 2.05) is 6.92 Å². The van der Waals surface area contributed by atoms with Gasteiger partial charge in [0.15, 0.2) is 0 Å². The number of nitrogens with one attached hydrogen (secondary N) is 1. The van der Waals surface area contributed by atoms with Crippen LogP contribution < -0.4 is 5.32 Å². The maximum absolute atomic E-state index is 12.5. The van der Waals surface area contributed by atoms with E-state index in [9.17, 15) is 14.7 Å². The first-order valence-corrected chi connectivity index (χ1v) is 8.02. The number of nitrogens with zero attached hydrogens (tertiary/aromatic N) is 2. The number of likely N-dealkylation sites (tertiary alicyclic amines) is 1. The number of hydrogen-bond acceptors (Lipinski definition) is 4. The number of piperidine rings is 1. The van der Waals surface area contributed by atoms with Gasteiger partial charge in [0.1, 0.15) is 0 Å². The minimum Gasteiger partial charge on any atom is -0.481 e. The highest BCUT2D eigenvalue weighted by Crippen LogP contribution is 2.35. The van der Waals surface area contributed by atoms with Crippen molar-refractivity contribution in [2.45, 2.75) is 32.6 Å². The lowest BCUT2D eigenvalue weighted by Gasteiger charge is -2.40. The maximum atomic E-state index is 12.5. The molecule has 6 nitrogen and oxygen atoms in total. The number of hydrogen-bond donors (Lipinski definition) is 2. The molecular formula is C15H27N3O3. The molecule has 2 heterocycles. The lowest BCUT2D eigenvalue weighted by Crippen LogP contribution is -2.53. The van der Waals surface area contributed by atoms with Gasteiger partial charge in [-0.15, -0.1) is 0 Å². The summed E-state index contributed by atoms with van der Waals surface area (Å²) < 4.78 is 0. The Labute approximate surface area is 126 Å². The quantitative estimate of drug-likeness (QED) is 0.768. The van der Waals surface area contributed by atoms with Crippen molar-refractivity contribution in [3.8, 4) is 0 Å². The lowest BCUT2D eigenvalue weighted by molar-refractivity contribution is -0.155. The summed E-state index contributed by atoms with van der Waals surface area (Å²) in [6.45, 7) is 7.11. The molecule has 0 bridgehead atoms. The average Bonchev–Trinajstić information content (AvgIpc) is 2.48. The second-order valence-corrected chi connectivity index (χ2v) is 6.28. The molecule has 2 aliphatic heterocycles. The molecule has 0 radical (unpaired) electrons. The number of piperazine rings is 1. The second kappa shape index (κ2) is 7.22. The molecule has 1 atom stereocenters.